The maximum Gasteiger partial charge on any atom is 0.408 e. The van der Waals surface area contributed by atoms with E-state index in [2.05, 4.69) is 15.6 Å². The van der Waals surface area contributed by atoms with Crippen molar-refractivity contribution >= 4 is 28.6 Å². The molecule has 2 aromatic carbocycles. The SMILES string of the molecule is COc1ccc(NC(=O)[C@@H](Cc2c[nH]c3ccccc23)NC(=O)OC(C)(C)C)cc1. The van der Waals surface area contributed by atoms with Gasteiger partial charge < -0.3 is 25.1 Å². The quantitative estimate of drug-likeness (QED) is 0.567. The van der Waals surface area contributed by atoms with Gasteiger partial charge in [0.25, 0.3) is 0 Å². The van der Waals surface area contributed by atoms with Crippen LogP contribution < -0.4 is 15.4 Å². The standard InChI is InChI=1S/C23H27N3O4/c1-23(2,3)30-22(28)26-20(13-15-14-24-19-8-6-5-7-18(15)19)21(27)25-16-9-11-17(29-4)12-10-16/h5-12,14,20,24H,13H2,1-4H3,(H,25,27)(H,26,28)/t20-/m1/s1. The van der Waals surface area contributed by atoms with Gasteiger partial charge in [-0.3, -0.25) is 4.79 Å². The number of para-hydroxylation sites is 1. The second-order valence-electron chi connectivity index (χ2n) is 7.98. The molecule has 7 nitrogen and oxygen atoms in total. The minimum atomic E-state index is -0.818. The number of aromatic nitrogens is 1. The Morgan fingerprint density at radius 3 is 2.43 bits per heavy atom. The van der Waals surface area contributed by atoms with E-state index in [9.17, 15) is 9.59 Å². The van der Waals surface area contributed by atoms with Gasteiger partial charge in [-0.15, -0.1) is 0 Å². The van der Waals surface area contributed by atoms with Gasteiger partial charge in [0, 0.05) is 29.2 Å². The molecule has 0 aliphatic heterocycles. The van der Waals surface area contributed by atoms with E-state index >= 15 is 0 Å². The van der Waals surface area contributed by atoms with Gasteiger partial charge in [0.1, 0.15) is 17.4 Å². The molecule has 30 heavy (non-hydrogen) atoms. The number of ether oxygens (including phenoxy) is 2. The van der Waals surface area contributed by atoms with E-state index in [-0.39, 0.29) is 5.91 Å². The minimum Gasteiger partial charge on any atom is -0.497 e. The monoisotopic (exact) mass is 409 g/mol. The van der Waals surface area contributed by atoms with Crippen LogP contribution in [-0.2, 0) is 16.0 Å². The number of rotatable bonds is 6. The fourth-order valence-corrected chi connectivity index (χ4v) is 3.08. The summed E-state index contributed by atoms with van der Waals surface area (Å²) in [4.78, 5) is 28.6. The van der Waals surface area contributed by atoms with Gasteiger partial charge in [-0.1, -0.05) is 18.2 Å². The Kier molecular flexibility index (Phi) is 6.30. The van der Waals surface area contributed by atoms with E-state index in [1.54, 1.807) is 52.1 Å². The van der Waals surface area contributed by atoms with Crippen molar-refractivity contribution in [3.05, 3.63) is 60.3 Å². The highest BCUT2D eigenvalue weighted by Gasteiger charge is 2.25. The van der Waals surface area contributed by atoms with Gasteiger partial charge in [0.05, 0.1) is 7.11 Å². The molecule has 0 fully saturated rings. The van der Waals surface area contributed by atoms with Gasteiger partial charge in [0.15, 0.2) is 0 Å². The summed E-state index contributed by atoms with van der Waals surface area (Å²) in [6.45, 7) is 5.33. The molecule has 0 bridgehead atoms. The highest BCUT2D eigenvalue weighted by Crippen LogP contribution is 2.20. The van der Waals surface area contributed by atoms with Crippen molar-refractivity contribution in [2.75, 3.05) is 12.4 Å². The Balaban J connectivity index is 1.80. The third kappa shape index (κ3) is 5.53. The van der Waals surface area contributed by atoms with Crippen molar-refractivity contribution in [1.29, 1.82) is 0 Å². The number of carbonyl (C=O) groups is 2. The summed E-state index contributed by atoms with van der Waals surface area (Å²) in [5.41, 5.74) is 1.84. The Morgan fingerprint density at radius 1 is 1.07 bits per heavy atom. The van der Waals surface area contributed by atoms with Crippen molar-refractivity contribution < 1.29 is 19.1 Å². The largest absolute Gasteiger partial charge is 0.497 e. The molecule has 1 aromatic heterocycles. The molecule has 3 rings (SSSR count). The molecule has 0 aliphatic carbocycles. The minimum absolute atomic E-state index is 0.311. The number of methoxy groups -OCH3 is 1. The van der Waals surface area contributed by atoms with Crippen LogP contribution in [-0.4, -0.2) is 35.7 Å². The van der Waals surface area contributed by atoms with E-state index in [4.69, 9.17) is 9.47 Å². The van der Waals surface area contributed by atoms with Gasteiger partial charge in [-0.2, -0.15) is 0 Å². The van der Waals surface area contributed by atoms with Crippen LogP contribution >= 0.6 is 0 Å². The summed E-state index contributed by atoms with van der Waals surface area (Å²) in [6, 6.07) is 14.0. The third-order valence-corrected chi connectivity index (χ3v) is 4.46. The highest BCUT2D eigenvalue weighted by molar-refractivity contribution is 5.97. The van der Waals surface area contributed by atoms with Crippen LogP contribution in [0.4, 0.5) is 10.5 Å². The molecule has 2 amide bonds. The molecule has 3 aromatic rings. The zero-order valence-electron chi connectivity index (χ0n) is 17.6. The highest BCUT2D eigenvalue weighted by atomic mass is 16.6. The zero-order chi connectivity index (χ0) is 21.7. The predicted octanol–water partition coefficient (Wildman–Crippen LogP) is 4.25. The number of fused-ring (bicyclic) bond motifs is 1. The second kappa shape index (κ2) is 8.90. The first-order valence-electron chi connectivity index (χ1n) is 9.74. The number of carbonyl (C=O) groups excluding carboxylic acids is 2. The Hall–Kier alpha value is -3.48. The molecule has 0 unspecified atom stereocenters. The molecule has 0 saturated carbocycles. The molecule has 0 aliphatic rings. The summed E-state index contributed by atoms with van der Waals surface area (Å²) in [5, 5.41) is 6.56. The molecule has 7 heteroatoms. The maximum absolute atomic E-state index is 13.0. The maximum atomic E-state index is 13.0. The van der Waals surface area contributed by atoms with Crippen molar-refractivity contribution in [2.45, 2.75) is 38.8 Å². The van der Waals surface area contributed by atoms with Crippen molar-refractivity contribution in [1.82, 2.24) is 10.3 Å². The normalized spacial score (nSPS) is 12.3. The molecule has 0 radical (unpaired) electrons. The number of benzene rings is 2. The average molecular weight is 409 g/mol. The van der Waals surface area contributed by atoms with E-state index in [1.165, 1.54) is 0 Å². The number of H-pyrrole nitrogens is 1. The van der Waals surface area contributed by atoms with Crippen molar-refractivity contribution in [2.24, 2.45) is 0 Å². The molecule has 0 spiro atoms. The zero-order valence-corrected chi connectivity index (χ0v) is 17.6. The summed E-state index contributed by atoms with van der Waals surface area (Å²) in [5.74, 6) is 0.353. The van der Waals surface area contributed by atoms with Crippen LogP contribution in [0.1, 0.15) is 26.3 Å². The van der Waals surface area contributed by atoms with Crippen LogP contribution in [0.2, 0.25) is 0 Å². The molecule has 0 saturated heterocycles. The summed E-state index contributed by atoms with van der Waals surface area (Å²) in [6.07, 6.45) is 1.53. The van der Waals surface area contributed by atoms with E-state index < -0.39 is 17.7 Å². The lowest BCUT2D eigenvalue weighted by Gasteiger charge is -2.23. The van der Waals surface area contributed by atoms with Gasteiger partial charge in [-0.05, 0) is 56.7 Å². The van der Waals surface area contributed by atoms with Crippen LogP contribution in [0.15, 0.2) is 54.7 Å². The predicted molar refractivity (Wildman–Crippen MR) is 117 cm³/mol. The number of hydrogen-bond donors (Lipinski definition) is 3. The van der Waals surface area contributed by atoms with Crippen LogP contribution in [0.5, 0.6) is 5.75 Å². The van der Waals surface area contributed by atoms with Crippen LogP contribution in [0.25, 0.3) is 10.9 Å². The van der Waals surface area contributed by atoms with E-state index in [0.29, 0.717) is 17.9 Å². The fraction of sp³-hybridized carbons (Fsp3) is 0.304. The lowest BCUT2D eigenvalue weighted by atomic mass is 10.0. The Morgan fingerprint density at radius 2 is 1.77 bits per heavy atom. The number of alkyl carbamates (subject to hydrolysis) is 1. The van der Waals surface area contributed by atoms with Crippen LogP contribution in [0.3, 0.4) is 0 Å². The number of nitrogens with one attached hydrogen (secondary N) is 3. The van der Waals surface area contributed by atoms with E-state index in [0.717, 1.165) is 16.5 Å². The average Bonchev–Trinajstić information content (AvgIpc) is 3.09. The first-order valence-corrected chi connectivity index (χ1v) is 9.74. The lowest BCUT2D eigenvalue weighted by molar-refractivity contribution is -0.118. The first kappa shape index (κ1) is 21.2. The molecule has 3 N–H and O–H groups in total. The number of amides is 2. The topological polar surface area (TPSA) is 92.5 Å². The van der Waals surface area contributed by atoms with Gasteiger partial charge in [0.2, 0.25) is 5.91 Å². The molecule has 1 atom stereocenters. The van der Waals surface area contributed by atoms with Gasteiger partial charge in [-0.25, -0.2) is 4.79 Å². The molecule has 158 valence electrons. The van der Waals surface area contributed by atoms with Gasteiger partial charge >= 0.3 is 6.09 Å². The summed E-state index contributed by atoms with van der Waals surface area (Å²) < 4.78 is 10.5. The number of anilines is 1. The van der Waals surface area contributed by atoms with Crippen LogP contribution in [0, 0.1) is 0 Å². The molecular weight excluding hydrogens is 382 g/mol. The summed E-state index contributed by atoms with van der Waals surface area (Å²) >= 11 is 0. The molecule has 1 heterocycles. The fourth-order valence-electron chi connectivity index (χ4n) is 3.08. The smallest absolute Gasteiger partial charge is 0.408 e. The first-order chi connectivity index (χ1) is 14.2. The molecular formula is C23H27N3O4. The second-order valence-corrected chi connectivity index (χ2v) is 7.98. The lowest BCUT2D eigenvalue weighted by Crippen LogP contribution is -2.47. The van der Waals surface area contributed by atoms with Crippen molar-refractivity contribution in [3.8, 4) is 5.75 Å². The Labute approximate surface area is 175 Å². The summed E-state index contributed by atoms with van der Waals surface area (Å²) in [7, 11) is 1.58. The number of hydrogen-bond acceptors (Lipinski definition) is 4. The van der Waals surface area contributed by atoms with E-state index in [1.807, 2.05) is 30.5 Å². The van der Waals surface area contributed by atoms with Crippen molar-refractivity contribution in [3.63, 3.8) is 0 Å². The Bertz CT molecular complexity index is 1020. The third-order valence-electron chi connectivity index (χ3n) is 4.46. The number of aromatic amines is 1.